The molecule has 0 aromatic rings. The quantitative estimate of drug-likeness (QED) is 0.353. The van der Waals surface area contributed by atoms with Gasteiger partial charge < -0.3 is 14.7 Å². The highest BCUT2D eigenvalue weighted by Gasteiger charge is 2.90. The molecule has 0 radical (unpaired) electrons. The Morgan fingerprint density at radius 3 is 2.50 bits per heavy atom. The maximum atomic E-state index is 12.0. The fourth-order valence-electron chi connectivity index (χ4n) is 2.18. The maximum Gasteiger partial charge on any atom is 0.566 e. The molecule has 14 nitrogen and oxygen atoms in total. The molecule has 6 rings (SSSR count). The van der Waals surface area contributed by atoms with Gasteiger partial charge in [-0.1, -0.05) is 4.67 Å². The first-order valence-electron chi connectivity index (χ1n) is 5.38. The lowest BCUT2D eigenvalue weighted by molar-refractivity contribution is -0.516. The van der Waals surface area contributed by atoms with Crippen molar-refractivity contribution in [2.75, 3.05) is 0 Å². The number of hydrogen-bond acceptors (Lipinski definition) is 14. The highest BCUT2D eigenvalue weighted by molar-refractivity contribution is 7.50. The van der Waals surface area contributed by atoms with E-state index in [2.05, 4.69) is 23.8 Å². The van der Waals surface area contributed by atoms with Crippen molar-refractivity contribution in [2.45, 2.75) is 17.9 Å². The summed E-state index contributed by atoms with van der Waals surface area (Å²) in [6.45, 7) is 0. The van der Waals surface area contributed by atoms with Crippen molar-refractivity contribution in [3.05, 3.63) is 11.5 Å². The van der Waals surface area contributed by atoms with Crippen LogP contribution in [0.5, 0.6) is 0 Å². The van der Waals surface area contributed by atoms with E-state index in [1.54, 1.807) is 0 Å². The van der Waals surface area contributed by atoms with E-state index < -0.39 is 51.0 Å². The molecule has 1 unspecified atom stereocenters. The van der Waals surface area contributed by atoms with Crippen molar-refractivity contribution in [1.29, 1.82) is 0 Å². The lowest BCUT2D eigenvalue weighted by atomic mass is 10.1. The number of ether oxygens (including phenoxy) is 1. The monoisotopic (exact) mass is 360 g/mol. The summed E-state index contributed by atoms with van der Waals surface area (Å²) in [5, 5.41) is 9.99. The van der Waals surface area contributed by atoms with E-state index in [9.17, 15) is 19.0 Å². The summed E-state index contributed by atoms with van der Waals surface area (Å²) < 4.78 is 56.0. The summed E-state index contributed by atoms with van der Waals surface area (Å²) in [7, 11) is -8.85. The Morgan fingerprint density at radius 2 is 1.73 bits per heavy atom. The maximum absolute atomic E-state index is 12.0. The Balaban J connectivity index is 1.74. The van der Waals surface area contributed by atoms with Crippen molar-refractivity contribution in [2.24, 2.45) is 0 Å². The van der Waals surface area contributed by atoms with Crippen molar-refractivity contribution in [3.63, 3.8) is 0 Å². The van der Waals surface area contributed by atoms with E-state index in [0.29, 0.717) is 0 Å². The van der Waals surface area contributed by atoms with Crippen LogP contribution in [0.15, 0.2) is 11.5 Å². The highest BCUT2D eigenvalue weighted by atomic mass is 31.2. The fraction of sp³-hybridized carbons (Fsp3) is 0.500. The Kier molecular flexibility index (Phi) is 2.16. The first kappa shape index (κ1) is 13.4. The summed E-state index contributed by atoms with van der Waals surface area (Å²) in [5.41, 5.74) is 0. The third kappa shape index (κ3) is 1.32. The first-order valence-corrected chi connectivity index (χ1v) is 8.30. The molecule has 0 aromatic carbocycles. The van der Waals surface area contributed by atoms with E-state index in [-0.39, 0.29) is 0 Å². The predicted molar refractivity (Wildman–Crippen MR) is 50.0 cm³/mol. The van der Waals surface area contributed by atoms with Gasteiger partial charge in [-0.3, -0.25) is 0 Å². The van der Waals surface area contributed by atoms with E-state index >= 15 is 0 Å². The molecule has 16 heteroatoms. The van der Waals surface area contributed by atoms with Gasteiger partial charge >= 0.3 is 33.4 Å². The number of esters is 1. The lowest BCUT2D eigenvalue weighted by Crippen LogP contribution is -2.62. The Labute approximate surface area is 118 Å². The molecule has 4 fully saturated rings. The lowest BCUT2D eigenvalue weighted by Gasteiger charge is -2.36. The van der Waals surface area contributed by atoms with Crippen molar-refractivity contribution >= 4 is 21.6 Å². The predicted octanol–water partition coefficient (Wildman–Crippen LogP) is 0.196. The topological polar surface area (TPSA) is 164 Å². The number of carbonyl (C=O) groups is 1. The number of phosphoric ester groups is 1. The minimum absolute atomic E-state index is 0.884. The number of aliphatic hydroxyl groups is 1. The van der Waals surface area contributed by atoms with Gasteiger partial charge in [-0.25, -0.2) is 27.5 Å². The van der Waals surface area contributed by atoms with Crippen molar-refractivity contribution in [3.8, 4) is 0 Å². The third-order valence-corrected chi connectivity index (χ3v) is 5.27. The van der Waals surface area contributed by atoms with Gasteiger partial charge in [0.25, 0.3) is 5.76 Å². The van der Waals surface area contributed by atoms with Crippen LogP contribution < -0.4 is 0 Å². The van der Waals surface area contributed by atoms with Gasteiger partial charge in [0, 0.05) is 0 Å². The molecule has 6 bridgehead atoms. The summed E-state index contributed by atoms with van der Waals surface area (Å²) in [6, 6.07) is 0. The zero-order valence-corrected chi connectivity index (χ0v) is 11.5. The standard InChI is InChI=1S/C6H2O14P2/c7-1-2-4(8)11-3(1)5-6(16-21(9,15-5)17-6)14-20-22(10,18-12-2)19-13-5/h3,7H/t3-,5-,6?,21?,22?/m0/s1. The van der Waals surface area contributed by atoms with Gasteiger partial charge in [-0.05, 0) is 0 Å². The Morgan fingerprint density at radius 1 is 1.00 bits per heavy atom. The average molecular weight is 360 g/mol. The summed E-state index contributed by atoms with van der Waals surface area (Å²) in [6.07, 6.45) is -1.87. The van der Waals surface area contributed by atoms with Crippen LogP contribution in [-0.2, 0) is 60.9 Å². The number of fused-ring (bicyclic) bond motifs is 3. The SMILES string of the molecule is O=C1O[C@H]2C(O)=C1OOP1(=O)OOC34OP(=O)(O3)O[C@@]24OO1. The Bertz CT molecular complexity index is 730. The smallest absolute Gasteiger partial charge is 0.505 e. The molecule has 0 amide bonds. The molecule has 0 aromatic heterocycles. The normalized spacial score (nSPS) is 55.3. The zero-order valence-electron chi connectivity index (χ0n) is 9.73. The van der Waals surface area contributed by atoms with Gasteiger partial charge in [0.1, 0.15) is 0 Å². The number of phosphoric acid groups is 2. The van der Waals surface area contributed by atoms with Crippen LogP contribution >= 0.6 is 15.6 Å². The molecule has 1 N–H and O–H groups in total. The first-order chi connectivity index (χ1) is 10.3. The van der Waals surface area contributed by atoms with Gasteiger partial charge in [-0.2, -0.15) is 9.78 Å². The minimum atomic E-state index is -4.70. The molecule has 0 saturated carbocycles. The summed E-state index contributed by atoms with van der Waals surface area (Å²) in [5.74, 6) is -8.19. The van der Waals surface area contributed by atoms with Crippen LogP contribution in [0.25, 0.3) is 0 Å². The second-order valence-corrected chi connectivity index (χ2v) is 7.15. The molecule has 6 aliphatic heterocycles. The van der Waals surface area contributed by atoms with Crippen LogP contribution in [-0.4, -0.2) is 28.9 Å². The van der Waals surface area contributed by atoms with Crippen LogP contribution in [0.4, 0.5) is 0 Å². The van der Waals surface area contributed by atoms with Crippen LogP contribution in [0.3, 0.4) is 0 Å². The highest BCUT2D eigenvalue weighted by Crippen LogP contribution is 2.81. The van der Waals surface area contributed by atoms with Crippen molar-refractivity contribution in [1.82, 2.24) is 0 Å². The molecule has 6 heterocycles. The second-order valence-electron chi connectivity index (χ2n) is 4.37. The van der Waals surface area contributed by atoms with E-state index in [1.807, 2.05) is 0 Å². The fourth-order valence-corrected chi connectivity index (χ4v) is 4.38. The number of hydrogen-bond donors (Lipinski definition) is 1. The molecule has 120 valence electrons. The summed E-state index contributed by atoms with van der Waals surface area (Å²) in [4.78, 5) is 25.3. The van der Waals surface area contributed by atoms with Crippen LogP contribution in [0.2, 0.25) is 0 Å². The van der Waals surface area contributed by atoms with Gasteiger partial charge in [0.15, 0.2) is 5.76 Å². The van der Waals surface area contributed by atoms with Gasteiger partial charge in [0.2, 0.25) is 6.10 Å². The van der Waals surface area contributed by atoms with E-state index in [0.717, 1.165) is 0 Å². The number of rotatable bonds is 0. The van der Waals surface area contributed by atoms with E-state index in [4.69, 9.17) is 23.2 Å². The molecular weight excluding hydrogens is 358 g/mol. The molecule has 22 heavy (non-hydrogen) atoms. The molecular formula is C6H2O14P2. The average Bonchev–Trinajstić information content (AvgIpc) is 2.92. The third-order valence-electron chi connectivity index (χ3n) is 3.08. The Hall–Kier alpha value is -1.05. The number of aliphatic hydroxyl groups excluding tert-OH is 1. The number of carbonyl (C=O) groups excluding carboxylic acids is 1. The van der Waals surface area contributed by atoms with Crippen molar-refractivity contribution < 1.29 is 66.0 Å². The zero-order chi connectivity index (χ0) is 15.4. The molecule has 2 spiro atoms. The van der Waals surface area contributed by atoms with E-state index in [1.165, 1.54) is 0 Å². The molecule has 4 saturated heterocycles. The second kappa shape index (κ2) is 3.55. The van der Waals surface area contributed by atoms with Crippen LogP contribution in [0, 0.1) is 0 Å². The van der Waals surface area contributed by atoms with Gasteiger partial charge in [-0.15, -0.1) is 9.35 Å². The molecule has 0 aliphatic carbocycles. The van der Waals surface area contributed by atoms with Gasteiger partial charge in [0.05, 0.1) is 0 Å². The largest absolute Gasteiger partial charge is 0.566 e. The molecule has 6 aliphatic rings. The molecule has 3 atom stereocenters. The summed E-state index contributed by atoms with van der Waals surface area (Å²) >= 11 is 0. The van der Waals surface area contributed by atoms with Crippen LogP contribution in [0.1, 0.15) is 0 Å². The minimum Gasteiger partial charge on any atom is -0.505 e.